The van der Waals surface area contributed by atoms with Gasteiger partial charge in [-0.2, -0.15) is 39.5 Å². The van der Waals surface area contributed by atoms with E-state index in [0.29, 0.717) is 66.6 Å². The van der Waals surface area contributed by atoms with Gasteiger partial charge in [0.2, 0.25) is 0 Å². The second kappa shape index (κ2) is 15.1. The number of nitrogens with zero attached hydrogens (tertiary/aromatic N) is 2. The van der Waals surface area contributed by atoms with Crippen LogP contribution >= 0.6 is 0 Å². The smallest absolute Gasteiger partial charge is 0.416 e. The van der Waals surface area contributed by atoms with Crippen molar-refractivity contribution < 1.29 is 48.3 Å². The molecular formula is C54H31F9N2O2. The molecule has 13 heteroatoms. The largest absolute Gasteiger partial charge is 0.452 e. The van der Waals surface area contributed by atoms with Crippen molar-refractivity contribution in [2.24, 2.45) is 0 Å². The number of alkyl halides is 9. The number of benzene rings is 9. The molecule has 9 aromatic carbocycles. The Kier molecular flexibility index (Phi) is 9.38. The molecule has 332 valence electrons. The van der Waals surface area contributed by atoms with Crippen LogP contribution in [0.25, 0.3) is 65.4 Å². The molecule has 67 heavy (non-hydrogen) atoms. The molecular weight excluding hydrogens is 880 g/mol. The third kappa shape index (κ3) is 7.04. The van der Waals surface area contributed by atoms with Crippen LogP contribution in [0.4, 0.5) is 73.6 Å². The lowest BCUT2D eigenvalue weighted by molar-refractivity contribution is -0.138. The molecule has 0 aliphatic heterocycles. The average Bonchev–Trinajstić information content (AvgIpc) is 3.88. The molecule has 4 nitrogen and oxygen atoms in total. The highest BCUT2D eigenvalue weighted by molar-refractivity contribution is 6.29. The van der Waals surface area contributed by atoms with Crippen molar-refractivity contribution in [3.8, 4) is 0 Å². The highest BCUT2D eigenvalue weighted by Gasteiger charge is 2.33. The summed E-state index contributed by atoms with van der Waals surface area (Å²) >= 11 is 0. The van der Waals surface area contributed by atoms with Gasteiger partial charge in [-0.25, -0.2) is 0 Å². The summed E-state index contributed by atoms with van der Waals surface area (Å²) in [6.45, 7) is 1.94. The number of hydrogen-bond donors (Lipinski definition) is 0. The Morgan fingerprint density at radius 3 is 0.955 bits per heavy atom. The zero-order valence-electron chi connectivity index (χ0n) is 34.8. The van der Waals surface area contributed by atoms with Crippen molar-refractivity contribution in [1.82, 2.24) is 0 Å². The van der Waals surface area contributed by atoms with Gasteiger partial charge in [-0.1, -0.05) is 66.2 Å². The molecule has 0 unspecified atom stereocenters. The van der Waals surface area contributed by atoms with E-state index in [1.54, 1.807) is 17.0 Å². The van der Waals surface area contributed by atoms with E-state index in [1.165, 1.54) is 36.4 Å². The number of aryl methyl sites for hydroxylation is 1. The van der Waals surface area contributed by atoms with Gasteiger partial charge in [0.05, 0.1) is 28.1 Å². The highest BCUT2D eigenvalue weighted by atomic mass is 19.4. The molecule has 0 bridgehead atoms. The van der Waals surface area contributed by atoms with Gasteiger partial charge in [0.25, 0.3) is 0 Å². The van der Waals surface area contributed by atoms with Gasteiger partial charge in [-0.15, -0.1) is 0 Å². The molecule has 11 aromatic rings. The Hall–Kier alpha value is -7.93. The van der Waals surface area contributed by atoms with Gasteiger partial charge in [0.15, 0.2) is 11.2 Å². The van der Waals surface area contributed by atoms with Crippen molar-refractivity contribution >= 4 is 99.5 Å². The Labute approximate surface area is 374 Å². The number of anilines is 6. The number of rotatable bonds is 6. The summed E-state index contributed by atoms with van der Waals surface area (Å²) in [7, 11) is 0. The number of halogens is 9. The van der Waals surface area contributed by atoms with E-state index < -0.39 is 35.2 Å². The maximum atomic E-state index is 13.7. The van der Waals surface area contributed by atoms with Crippen molar-refractivity contribution in [2.45, 2.75) is 25.5 Å². The zero-order valence-corrected chi connectivity index (χ0v) is 34.8. The predicted octanol–water partition coefficient (Wildman–Crippen LogP) is 18.1. The lowest BCUT2D eigenvalue weighted by Gasteiger charge is -2.27. The maximum absolute atomic E-state index is 13.7. The monoisotopic (exact) mass is 910 g/mol. The second-order valence-electron chi connectivity index (χ2n) is 16.3. The first-order chi connectivity index (χ1) is 32.0. The van der Waals surface area contributed by atoms with E-state index in [2.05, 4.69) is 0 Å². The molecule has 2 aromatic heterocycles. The molecule has 0 radical (unpaired) electrons. The molecule has 0 N–H and O–H groups in total. The van der Waals surface area contributed by atoms with Gasteiger partial charge in [0.1, 0.15) is 11.2 Å². The SMILES string of the molecule is Cc1ccc(N(c2ccc(C(F)(F)F)cc2)c2cc3oc4c(ccc5c4oc4cc(N(c6ccc(C(F)(F)F)cc6)c6ccc(C(F)(F)F)cc6)c6ccccc6c45)c3c3ccccc23)cc1. The summed E-state index contributed by atoms with van der Waals surface area (Å²) in [5, 5.41) is 5.83. The predicted molar refractivity (Wildman–Crippen MR) is 245 cm³/mol. The van der Waals surface area contributed by atoms with Crippen molar-refractivity contribution in [1.29, 1.82) is 0 Å². The van der Waals surface area contributed by atoms with Gasteiger partial charge >= 0.3 is 18.5 Å². The minimum Gasteiger partial charge on any atom is -0.452 e. The summed E-state index contributed by atoms with van der Waals surface area (Å²) in [6.07, 6.45) is -13.8. The summed E-state index contributed by atoms with van der Waals surface area (Å²) in [6, 6.07) is 43.9. The zero-order chi connectivity index (χ0) is 46.6. The third-order valence-corrected chi connectivity index (χ3v) is 12.2. The van der Waals surface area contributed by atoms with Crippen molar-refractivity contribution in [2.75, 3.05) is 9.80 Å². The molecule has 0 aliphatic rings. The maximum Gasteiger partial charge on any atom is 0.416 e. The van der Waals surface area contributed by atoms with E-state index in [4.69, 9.17) is 8.83 Å². The van der Waals surface area contributed by atoms with E-state index in [-0.39, 0.29) is 11.4 Å². The first kappa shape index (κ1) is 41.8. The second-order valence-corrected chi connectivity index (χ2v) is 16.3. The van der Waals surface area contributed by atoms with E-state index in [0.717, 1.165) is 63.5 Å². The Morgan fingerprint density at radius 2 is 0.642 bits per heavy atom. The van der Waals surface area contributed by atoms with E-state index in [9.17, 15) is 39.5 Å². The lowest BCUT2D eigenvalue weighted by Crippen LogP contribution is -2.12. The number of fused-ring (bicyclic) bond motifs is 11. The van der Waals surface area contributed by atoms with Crippen LogP contribution in [0.3, 0.4) is 0 Å². The Balaban J connectivity index is 1.14. The standard InChI is InChI=1S/C54H31F9N2O2/c1-30-10-18-34(19-11-30)64(35-20-12-31(13-21-35)52(55,56)57)44-28-46-48(40-8-4-2-6-38(40)44)42-26-27-43-49-41-9-5-3-7-39(41)45(29-47(49)67-51(43)50(42)66-46)65(36-22-14-32(15-23-36)53(58,59)60)37-24-16-33(17-25-37)54(61,62)63/h2-29H,1H3. The van der Waals surface area contributed by atoms with E-state index in [1.807, 2.05) is 96.8 Å². The first-order valence-corrected chi connectivity index (χ1v) is 20.9. The molecule has 0 amide bonds. The van der Waals surface area contributed by atoms with Crippen LogP contribution in [0.5, 0.6) is 0 Å². The summed E-state index contributed by atoms with van der Waals surface area (Å²) in [5.74, 6) is 0. The van der Waals surface area contributed by atoms with Crippen LogP contribution in [0.2, 0.25) is 0 Å². The fourth-order valence-electron chi connectivity index (χ4n) is 9.07. The molecule has 11 rings (SSSR count). The van der Waals surface area contributed by atoms with Gasteiger partial charge in [-0.3, -0.25) is 0 Å². The van der Waals surface area contributed by atoms with Crippen LogP contribution < -0.4 is 9.80 Å². The highest BCUT2D eigenvalue weighted by Crippen LogP contribution is 2.50. The fourth-order valence-corrected chi connectivity index (χ4v) is 9.07. The summed E-state index contributed by atoms with van der Waals surface area (Å²) in [4.78, 5) is 3.48. The van der Waals surface area contributed by atoms with Crippen LogP contribution in [0.1, 0.15) is 22.3 Å². The number of hydrogen-bond acceptors (Lipinski definition) is 4. The van der Waals surface area contributed by atoms with Gasteiger partial charge in [-0.05, 0) is 115 Å². The van der Waals surface area contributed by atoms with Gasteiger partial charge < -0.3 is 18.6 Å². The first-order valence-electron chi connectivity index (χ1n) is 20.9. The summed E-state index contributed by atoms with van der Waals surface area (Å²) in [5.41, 5.74) is 2.87. The molecule has 0 fully saturated rings. The van der Waals surface area contributed by atoms with Crippen molar-refractivity contribution in [3.05, 3.63) is 192 Å². The van der Waals surface area contributed by atoms with Crippen LogP contribution in [-0.4, -0.2) is 0 Å². The molecule has 0 saturated heterocycles. The summed E-state index contributed by atoms with van der Waals surface area (Å²) < 4.78 is 137. The van der Waals surface area contributed by atoms with E-state index >= 15 is 0 Å². The Bertz CT molecular complexity index is 3640. The minimum atomic E-state index is -4.63. The van der Waals surface area contributed by atoms with Crippen LogP contribution in [0.15, 0.2) is 179 Å². The third-order valence-electron chi connectivity index (χ3n) is 12.2. The average molecular weight is 911 g/mol. The van der Waals surface area contributed by atoms with Crippen molar-refractivity contribution in [3.63, 3.8) is 0 Å². The molecule has 0 aliphatic carbocycles. The van der Waals surface area contributed by atoms with Crippen LogP contribution in [-0.2, 0) is 18.5 Å². The number of furan rings is 2. The molecule has 0 atom stereocenters. The normalized spacial score (nSPS) is 12.6. The quantitative estimate of drug-likeness (QED) is 0.156. The Morgan fingerprint density at radius 1 is 0.343 bits per heavy atom. The fraction of sp³-hybridized carbons (Fsp3) is 0.0741. The minimum absolute atomic E-state index is 0.256. The molecule has 2 heterocycles. The van der Waals surface area contributed by atoms with Gasteiger partial charge in [0, 0.05) is 67.2 Å². The van der Waals surface area contributed by atoms with Crippen LogP contribution in [0, 0.1) is 6.92 Å². The molecule has 0 saturated carbocycles. The lowest BCUT2D eigenvalue weighted by atomic mass is 9.98. The molecule has 0 spiro atoms. The topological polar surface area (TPSA) is 32.8 Å².